The maximum Gasteiger partial charge on any atom is 0.306 e. The summed E-state index contributed by atoms with van der Waals surface area (Å²) in [5, 5.41) is 11.6. The van der Waals surface area contributed by atoms with E-state index >= 15 is 0 Å². The number of ketones is 2. The highest BCUT2D eigenvalue weighted by Crippen LogP contribution is 2.68. The van der Waals surface area contributed by atoms with Gasteiger partial charge in [-0.05, 0) is 55.6 Å². The Morgan fingerprint density at radius 2 is 1.91 bits per heavy atom. The molecule has 194 valence electrons. The Balaban J connectivity index is 0.00000342. The van der Waals surface area contributed by atoms with Crippen molar-refractivity contribution in [1.29, 1.82) is 0 Å². The van der Waals surface area contributed by atoms with Crippen LogP contribution in [0.4, 0.5) is 0 Å². The van der Waals surface area contributed by atoms with Crippen LogP contribution < -0.4 is 0 Å². The number of carbonyl (C=O) groups excluding carboxylic acids is 4. The van der Waals surface area contributed by atoms with Crippen LogP contribution in [0.15, 0.2) is 23.8 Å². The van der Waals surface area contributed by atoms with E-state index in [1.807, 2.05) is 13.0 Å². The summed E-state index contributed by atoms with van der Waals surface area (Å²) in [5.74, 6) is -1.29. The molecule has 0 heterocycles. The van der Waals surface area contributed by atoms with E-state index in [1.54, 1.807) is 19.1 Å². The quantitative estimate of drug-likeness (QED) is 0.584. The maximum atomic E-state index is 13.5. The Morgan fingerprint density at radius 3 is 2.54 bits per heavy atom. The van der Waals surface area contributed by atoms with Gasteiger partial charge in [0, 0.05) is 30.1 Å². The van der Waals surface area contributed by atoms with Crippen LogP contribution in [0.2, 0.25) is 0 Å². The Bertz CT molecular complexity index is 982. The monoisotopic (exact) mass is 490 g/mol. The zero-order valence-electron chi connectivity index (χ0n) is 21.3. The molecule has 0 spiro atoms. The summed E-state index contributed by atoms with van der Waals surface area (Å²) in [6.45, 7) is 8.65. The van der Waals surface area contributed by atoms with Crippen molar-refractivity contribution in [3.8, 4) is 0 Å². The third-order valence-electron chi connectivity index (χ3n) is 9.37. The zero-order chi connectivity index (χ0) is 25.1. The minimum absolute atomic E-state index is 0. The van der Waals surface area contributed by atoms with E-state index in [0.29, 0.717) is 19.3 Å². The normalized spacial score (nSPS) is 41.5. The average Bonchev–Trinajstić information content (AvgIpc) is 3.05. The van der Waals surface area contributed by atoms with Gasteiger partial charge < -0.3 is 20.1 Å². The van der Waals surface area contributed by atoms with Gasteiger partial charge >= 0.3 is 11.9 Å². The molecule has 4 aliphatic rings. The number of carbonyl (C=O) groups is 4. The molecule has 0 aromatic rings. The fourth-order valence-corrected chi connectivity index (χ4v) is 7.97. The first-order valence-corrected chi connectivity index (χ1v) is 12.4. The third-order valence-corrected chi connectivity index (χ3v) is 9.37. The summed E-state index contributed by atoms with van der Waals surface area (Å²) in [5.41, 5.74) is -1.60. The number of aliphatic hydroxyl groups is 1. The second-order valence-electron chi connectivity index (χ2n) is 11.1. The molecule has 0 aromatic carbocycles. The summed E-state index contributed by atoms with van der Waals surface area (Å²) < 4.78 is 11.0. The highest BCUT2D eigenvalue weighted by Gasteiger charge is 2.70. The minimum Gasteiger partial charge on any atom is -0.458 e. The van der Waals surface area contributed by atoms with Crippen LogP contribution in [0.25, 0.3) is 0 Å². The summed E-state index contributed by atoms with van der Waals surface area (Å²) in [4.78, 5) is 49.6. The van der Waals surface area contributed by atoms with Crippen molar-refractivity contribution in [3.05, 3.63) is 23.8 Å². The largest absolute Gasteiger partial charge is 0.458 e. The van der Waals surface area contributed by atoms with Crippen LogP contribution in [0.5, 0.6) is 0 Å². The molecule has 8 heteroatoms. The molecule has 4 rings (SSSR count). The lowest BCUT2D eigenvalue weighted by Crippen LogP contribution is -2.63. The Morgan fingerprint density at radius 1 is 1.23 bits per heavy atom. The van der Waals surface area contributed by atoms with Crippen molar-refractivity contribution in [2.45, 2.75) is 78.4 Å². The number of ether oxygens (including phenoxy) is 2. The number of hydrogen-bond acceptors (Lipinski definition) is 7. The second kappa shape index (κ2) is 9.28. The predicted octanol–water partition coefficient (Wildman–Crippen LogP) is 2.51. The molecule has 0 radical (unpaired) electrons. The number of esters is 2. The summed E-state index contributed by atoms with van der Waals surface area (Å²) in [7, 11) is 0. The lowest BCUT2D eigenvalue weighted by molar-refractivity contribution is -0.201. The molecule has 0 aromatic heterocycles. The molecule has 8 nitrogen and oxygen atoms in total. The first-order valence-electron chi connectivity index (χ1n) is 12.4. The van der Waals surface area contributed by atoms with Gasteiger partial charge in [-0.15, -0.1) is 0 Å². The molecular formula is C27H38O8. The standard InChI is InChI=1S/C27H36O7.H2O/c1-6-23(32)34-27(22(31)14-33-16(3)28)10-8-19-18-11-15(2)20-12-17(29)7-9-25(20,4)24(18)21(30)13-26(19,27)5;/h7,9,12,15,18-19,21,24,30H,6,8,10-11,13-14H2,1-5H3;1H2/t15?,18?,19?,21-,24?,25-,26-,27-;/m0./s1. The first-order chi connectivity index (χ1) is 15.9. The topological polar surface area (TPSA) is 138 Å². The van der Waals surface area contributed by atoms with E-state index < -0.39 is 46.9 Å². The molecule has 0 bridgehead atoms. The summed E-state index contributed by atoms with van der Waals surface area (Å²) in [6, 6.07) is 0. The number of fused-ring (bicyclic) bond motifs is 5. The van der Waals surface area contributed by atoms with Crippen molar-refractivity contribution in [3.63, 3.8) is 0 Å². The molecule has 3 N–H and O–H groups in total. The van der Waals surface area contributed by atoms with E-state index in [1.165, 1.54) is 6.92 Å². The smallest absolute Gasteiger partial charge is 0.306 e. The Hall–Kier alpha value is -2.32. The van der Waals surface area contributed by atoms with Gasteiger partial charge in [-0.2, -0.15) is 0 Å². The lowest BCUT2D eigenvalue weighted by atomic mass is 9.44. The van der Waals surface area contributed by atoms with Crippen molar-refractivity contribution in [2.24, 2.45) is 34.5 Å². The Labute approximate surface area is 206 Å². The molecule has 3 fully saturated rings. The Kier molecular flexibility index (Phi) is 7.23. The van der Waals surface area contributed by atoms with Crippen molar-refractivity contribution in [1.82, 2.24) is 0 Å². The van der Waals surface area contributed by atoms with Crippen molar-refractivity contribution < 1.29 is 39.2 Å². The maximum absolute atomic E-state index is 13.5. The molecule has 0 aliphatic heterocycles. The predicted molar refractivity (Wildman–Crippen MR) is 127 cm³/mol. The van der Waals surface area contributed by atoms with E-state index in [2.05, 4.69) is 13.8 Å². The average molecular weight is 491 g/mol. The summed E-state index contributed by atoms with van der Waals surface area (Å²) in [6.07, 6.45) is 6.77. The molecule has 3 saturated carbocycles. The van der Waals surface area contributed by atoms with Crippen LogP contribution in [0.1, 0.15) is 66.7 Å². The molecule has 8 atom stereocenters. The fraction of sp³-hybridized carbons (Fsp3) is 0.704. The highest BCUT2D eigenvalue weighted by molar-refractivity contribution is 6.01. The van der Waals surface area contributed by atoms with Gasteiger partial charge in [0.05, 0.1) is 6.10 Å². The highest BCUT2D eigenvalue weighted by atomic mass is 16.6. The molecule has 4 aliphatic carbocycles. The SMILES string of the molecule is CCC(=O)O[C@]1(C(=O)COC(C)=O)CCC2C3CC(C)C4=CC(=O)C=C[C@]4(C)C3[C@@H](O)C[C@@]21C.O. The van der Waals surface area contributed by atoms with Crippen molar-refractivity contribution >= 4 is 23.5 Å². The molecule has 35 heavy (non-hydrogen) atoms. The molecule has 4 unspecified atom stereocenters. The van der Waals surface area contributed by atoms with Gasteiger partial charge in [0.25, 0.3) is 0 Å². The van der Waals surface area contributed by atoms with Gasteiger partial charge in [-0.3, -0.25) is 19.2 Å². The van der Waals surface area contributed by atoms with E-state index in [4.69, 9.17) is 9.47 Å². The molecule has 0 saturated heterocycles. The molecule has 0 amide bonds. The molecular weight excluding hydrogens is 452 g/mol. The van der Waals surface area contributed by atoms with E-state index in [0.717, 1.165) is 12.0 Å². The lowest BCUT2D eigenvalue weighted by Gasteiger charge is -2.61. The number of hydrogen-bond donors (Lipinski definition) is 1. The second-order valence-corrected chi connectivity index (χ2v) is 11.1. The van der Waals surface area contributed by atoms with Gasteiger partial charge in [0.1, 0.15) is 0 Å². The van der Waals surface area contributed by atoms with Gasteiger partial charge in [-0.25, -0.2) is 0 Å². The number of allylic oxidation sites excluding steroid dienone is 4. The van der Waals surface area contributed by atoms with Gasteiger partial charge in [0.15, 0.2) is 18.0 Å². The van der Waals surface area contributed by atoms with Crippen LogP contribution >= 0.6 is 0 Å². The van der Waals surface area contributed by atoms with Crippen LogP contribution in [0, 0.1) is 34.5 Å². The van der Waals surface area contributed by atoms with Gasteiger partial charge in [-0.1, -0.05) is 39.3 Å². The van der Waals surface area contributed by atoms with Crippen LogP contribution in [0.3, 0.4) is 0 Å². The summed E-state index contributed by atoms with van der Waals surface area (Å²) >= 11 is 0. The van der Waals surface area contributed by atoms with Crippen molar-refractivity contribution in [2.75, 3.05) is 6.61 Å². The number of aliphatic hydroxyl groups excluding tert-OH is 1. The van der Waals surface area contributed by atoms with Crippen LogP contribution in [-0.4, -0.2) is 52.4 Å². The first kappa shape index (κ1) is 27.3. The van der Waals surface area contributed by atoms with E-state index in [-0.39, 0.29) is 41.4 Å². The van der Waals surface area contributed by atoms with Gasteiger partial charge in [0.2, 0.25) is 5.78 Å². The van der Waals surface area contributed by atoms with Crippen LogP contribution in [-0.2, 0) is 28.7 Å². The third kappa shape index (κ3) is 3.99. The fourth-order valence-electron chi connectivity index (χ4n) is 7.97. The minimum atomic E-state index is -1.44. The van der Waals surface area contributed by atoms with E-state index in [9.17, 15) is 24.3 Å². The zero-order valence-corrected chi connectivity index (χ0v) is 21.3. The number of rotatable bonds is 5. The number of Topliss-reactive ketones (excluding diaryl/α,β-unsaturated/α-hetero) is 1.